The van der Waals surface area contributed by atoms with E-state index in [0.29, 0.717) is 25.3 Å². The van der Waals surface area contributed by atoms with E-state index in [1.165, 1.54) is 27.8 Å². The number of aromatic nitrogens is 4. The van der Waals surface area contributed by atoms with Gasteiger partial charge in [-0.2, -0.15) is 5.10 Å². The molecule has 0 radical (unpaired) electrons. The van der Waals surface area contributed by atoms with Crippen molar-refractivity contribution in [3.8, 4) is 0 Å². The molecule has 0 saturated carbocycles. The van der Waals surface area contributed by atoms with Gasteiger partial charge in [0.1, 0.15) is 5.01 Å². The van der Waals surface area contributed by atoms with Gasteiger partial charge < -0.3 is 5.32 Å². The summed E-state index contributed by atoms with van der Waals surface area (Å²) in [6.45, 7) is 3.44. The zero-order chi connectivity index (χ0) is 24.3. The van der Waals surface area contributed by atoms with Gasteiger partial charge in [-0.05, 0) is 23.3 Å². The van der Waals surface area contributed by atoms with Gasteiger partial charge in [-0.15, -0.1) is 11.3 Å². The van der Waals surface area contributed by atoms with Crippen LogP contribution in [0.5, 0.6) is 0 Å². The first-order chi connectivity index (χ1) is 17.7. The van der Waals surface area contributed by atoms with Gasteiger partial charge in [0.25, 0.3) is 5.91 Å². The Morgan fingerprint density at radius 3 is 2.69 bits per heavy atom. The quantitative estimate of drug-likeness (QED) is 0.362. The van der Waals surface area contributed by atoms with Crippen LogP contribution in [0.4, 0.5) is 0 Å². The highest BCUT2D eigenvalue weighted by Crippen LogP contribution is 2.26. The first-order valence-corrected chi connectivity index (χ1v) is 13.0. The van der Waals surface area contributed by atoms with Gasteiger partial charge in [-0.3, -0.25) is 19.4 Å². The van der Waals surface area contributed by atoms with Crippen molar-refractivity contribution in [3.05, 3.63) is 112 Å². The average Bonchev–Trinajstić information content (AvgIpc) is 3.56. The molecular weight excluding hydrogens is 468 g/mol. The number of amides is 1. The van der Waals surface area contributed by atoms with Crippen LogP contribution in [0.1, 0.15) is 37.9 Å². The van der Waals surface area contributed by atoms with Crippen LogP contribution in [0.3, 0.4) is 0 Å². The van der Waals surface area contributed by atoms with Crippen LogP contribution in [0.15, 0.2) is 78.4 Å². The minimum Gasteiger partial charge on any atom is -0.344 e. The van der Waals surface area contributed by atoms with Crippen molar-refractivity contribution in [2.45, 2.75) is 32.6 Å². The Hall–Kier alpha value is -3.88. The maximum atomic E-state index is 13.3. The minimum atomic E-state index is -0.149. The van der Waals surface area contributed by atoms with E-state index in [0.717, 1.165) is 41.3 Å². The molecular formula is C28H26N6OS. The zero-order valence-corrected chi connectivity index (χ0v) is 20.6. The lowest BCUT2D eigenvalue weighted by molar-refractivity contribution is 0.0942. The van der Waals surface area contributed by atoms with Crippen molar-refractivity contribution in [3.63, 3.8) is 0 Å². The monoisotopic (exact) mass is 494 g/mol. The number of pyridine rings is 1. The van der Waals surface area contributed by atoms with Crippen LogP contribution in [0.25, 0.3) is 10.9 Å². The molecule has 8 heteroatoms. The van der Waals surface area contributed by atoms with Gasteiger partial charge >= 0.3 is 0 Å². The van der Waals surface area contributed by atoms with Crippen molar-refractivity contribution in [1.82, 2.24) is 30.0 Å². The third-order valence-corrected chi connectivity index (χ3v) is 7.40. The number of rotatable bonds is 7. The van der Waals surface area contributed by atoms with Gasteiger partial charge in [0.2, 0.25) is 0 Å². The molecule has 0 unspecified atom stereocenters. The van der Waals surface area contributed by atoms with Gasteiger partial charge in [-0.1, -0.05) is 48.5 Å². The Morgan fingerprint density at radius 2 is 1.83 bits per heavy atom. The van der Waals surface area contributed by atoms with Crippen molar-refractivity contribution < 1.29 is 4.79 Å². The molecule has 36 heavy (non-hydrogen) atoms. The molecule has 4 heterocycles. The fourth-order valence-corrected chi connectivity index (χ4v) is 5.42. The molecule has 0 aliphatic carbocycles. The second-order valence-electron chi connectivity index (χ2n) is 8.97. The van der Waals surface area contributed by atoms with E-state index in [1.807, 2.05) is 46.6 Å². The molecule has 1 aliphatic heterocycles. The molecule has 0 bridgehead atoms. The summed E-state index contributed by atoms with van der Waals surface area (Å²) in [5, 5.41) is 11.8. The zero-order valence-electron chi connectivity index (χ0n) is 19.8. The summed E-state index contributed by atoms with van der Waals surface area (Å²) in [5.74, 6) is -0.149. The lowest BCUT2D eigenvalue weighted by Gasteiger charge is -2.28. The standard InChI is InChI=1S/C28H26N6OS/c35-28(31-16-26-30-13-15-36-26)27-23-19-33(18-21-10-12-29-24-9-5-4-8-22(21)24)14-11-25(23)34(32-27)17-20-6-2-1-3-7-20/h1-10,12-13,15H,11,14,16-19H2,(H,31,35). The van der Waals surface area contributed by atoms with Gasteiger partial charge in [0, 0.05) is 60.5 Å². The summed E-state index contributed by atoms with van der Waals surface area (Å²) >= 11 is 1.53. The number of fused-ring (bicyclic) bond motifs is 2. The normalized spacial score (nSPS) is 13.6. The topological polar surface area (TPSA) is 75.9 Å². The van der Waals surface area contributed by atoms with E-state index in [2.05, 4.69) is 50.5 Å². The van der Waals surface area contributed by atoms with Crippen molar-refractivity contribution in [1.29, 1.82) is 0 Å². The van der Waals surface area contributed by atoms with Crippen molar-refractivity contribution in [2.24, 2.45) is 0 Å². The molecule has 1 aliphatic rings. The molecule has 7 nitrogen and oxygen atoms in total. The number of carbonyl (C=O) groups is 1. The number of thiazole rings is 1. The van der Waals surface area contributed by atoms with Crippen LogP contribution in [0.2, 0.25) is 0 Å². The Labute approximate surface area is 213 Å². The number of nitrogens with one attached hydrogen (secondary N) is 1. The Balaban J connectivity index is 1.28. The minimum absolute atomic E-state index is 0.149. The number of carbonyl (C=O) groups excluding carboxylic acids is 1. The summed E-state index contributed by atoms with van der Waals surface area (Å²) in [6.07, 6.45) is 4.48. The number of nitrogens with zero attached hydrogens (tertiary/aromatic N) is 5. The number of hydrogen-bond donors (Lipinski definition) is 1. The molecule has 2 aromatic carbocycles. The molecule has 0 fully saturated rings. The molecule has 5 aromatic rings. The fraction of sp³-hybridized carbons (Fsp3) is 0.214. The predicted octanol–water partition coefficient (Wildman–Crippen LogP) is 4.42. The van der Waals surface area contributed by atoms with E-state index in [9.17, 15) is 4.79 Å². The van der Waals surface area contributed by atoms with E-state index in [4.69, 9.17) is 5.10 Å². The molecule has 0 atom stereocenters. The van der Waals surface area contributed by atoms with Gasteiger partial charge in [-0.25, -0.2) is 4.98 Å². The summed E-state index contributed by atoms with van der Waals surface area (Å²) in [7, 11) is 0. The Bertz CT molecular complexity index is 1490. The largest absolute Gasteiger partial charge is 0.344 e. The first kappa shape index (κ1) is 22.6. The van der Waals surface area contributed by atoms with Crippen LogP contribution < -0.4 is 5.32 Å². The number of hydrogen-bond acceptors (Lipinski definition) is 6. The highest BCUT2D eigenvalue weighted by Gasteiger charge is 2.28. The lowest BCUT2D eigenvalue weighted by Crippen LogP contribution is -2.32. The second-order valence-corrected chi connectivity index (χ2v) is 9.95. The van der Waals surface area contributed by atoms with E-state index >= 15 is 0 Å². The summed E-state index contributed by atoms with van der Waals surface area (Å²) in [4.78, 5) is 24.5. The average molecular weight is 495 g/mol. The molecule has 1 N–H and O–H groups in total. The smallest absolute Gasteiger partial charge is 0.272 e. The first-order valence-electron chi connectivity index (χ1n) is 12.1. The molecule has 0 saturated heterocycles. The highest BCUT2D eigenvalue weighted by molar-refractivity contribution is 7.09. The summed E-state index contributed by atoms with van der Waals surface area (Å²) in [6, 6.07) is 20.6. The second kappa shape index (κ2) is 10.0. The Kier molecular flexibility index (Phi) is 6.27. The number of para-hydroxylation sites is 1. The van der Waals surface area contributed by atoms with E-state index < -0.39 is 0 Å². The Morgan fingerprint density at radius 1 is 0.972 bits per heavy atom. The van der Waals surface area contributed by atoms with Crippen LogP contribution in [-0.2, 0) is 32.6 Å². The molecule has 3 aromatic heterocycles. The lowest BCUT2D eigenvalue weighted by atomic mass is 10.0. The molecule has 180 valence electrons. The van der Waals surface area contributed by atoms with E-state index in [-0.39, 0.29) is 5.91 Å². The van der Waals surface area contributed by atoms with Crippen LogP contribution >= 0.6 is 11.3 Å². The van der Waals surface area contributed by atoms with Crippen LogP contribution in [-0.4, -0.2) is 37.1 Å². The third kappa shape index (κ3) is 4.65. The maximum Gasteiger partial charge on any atom is 0.272 e. The van der Waals surface area contributed by atoms with Crippen LogP contribution in [0, 0.1) is 0 Å². The van der Waals surface area contributed by atoms with Gasteiger partial charge in [0.05, 0.1) is 18.6 Å². The van der Waals surface area contributed by atoms with Crippen molar-refractivity contribution >= 4 is 28.1 Å². The van der Waals surface area contributed by atoms with E-state index in [1.54, 1.807) is 6.20 Å². The maximum absolute atomic E-state index is 13.3. The number of benzene rings is 2. The molecule has 0 spiro atoms. The predicted molar refractivity (Wildman–Crippen MR) is 141 cm³/mol. The highest BCUT2D eigenvalue weighted by atomic mass is 32.1. The molecule has 1 amide bonds. The van der Waals surface area contributed by atoms with Gasteiger partial charge in [0.15, 0.2) is 5.69 Å². The SMILES string of the molecule is O=C(NCc1nccs1)c1nn(Cc2ccccc2)c2c1CN(Cc1ccnc3ccccc13)CC2. The fourth-order valence-electron chi connectivity index (χ4n) is 4.86. The third-order valence-electron chi connectivity index (χ3n) is 6.62. The summed E-state index contributed by atoms with van der Waals surface area (Å²) in [5.41, 5.74) is 6.10. The van der Waals surface area contributed by atoms with Crippen molar-refractivity contribution in [2.75, 3.05) is 6.54 Å². The molecule has 6 rings (SSSR count). The summed E-state index contributed by atoms with van der Waals surface area (Å²) < 4.78 is 2.02.